The molecule has 0 aromatic heterocycles. The zero-order valence-corrected chi connectivity index (χ0v) is 12.3. The highest BCUT2D eigenvalue weighted by Gasteiger charge is 2.44. The Morgan fingerprint density at radius 2 is 1.89 bits per heavy atom. The number of rotatable bonds is 9. The van der Waals surface area contributed by atoms with Gasteiger partial charge in [-0.2, -0.15) is 0 Å². The molecule has 1 atom stereocenters. The van der Waals surface area contributed by atoms with Crippen LogP contribution in [0.5, 0.6) is 0 Å². The highest BCUT2D eigenvalue weighted by molar-refractivity contribution is 5.00. The van der Waals surface area contributed by atoms with Gasteiger partial charge in [-0.1, -0.05) is 6.92 Å². The lowest BCUT2D eigenvalue weighted by atomic mass is 9.95. The third kappa shape index (κ3) is 5.22. The van der Waals surface area contributed by atoms with Crippen molar-refractivity contribution in [3.05, 3.63) is 0 Å². The van der Waals surface area contributed by atoms with Gasteiger partial charge in [-0.15, -0.1) is 0 Å². The molecule has 18 heavy (non-hydrogen) atoms. The van der Waals surface area contributed by atoms with E-state index in [1.165, 1.54) is 12.8 Å². The van der Waals surface area contributed by atoms with Crippen LogP contribution in [0.4, 0.5) is 0 Å². The summed E-state index contributed by atoms with van der Waals surface area (Å²) >= 11 is 0. The van der Waals surface area contributed by atoms with Crippen LogP contribution in [0.1, 0.15) is 40.5 Å². The van der Waals surface area contributed by atoms with E-state index >= 15 is 0 Å². The van der Waals surface area contributed by atoms with Gasteiger partial charge in [0.05, 0.1) is 37.6 Å². The van der Waals surface area contributed by atoms with Crippen LogP contribution in [0.15, 0.2) is 0 Å². The molecule has 0 amide bonds. The molecular formula is C14H29NO3. The van der Waals surface area contributed by atoms with Gasteiger partial charge in [-0.3, -0.25) is 0 Å². The Hall–Kier alpha value is -0.160. The lowest BCUT2D eigenvalue weighted by Crippen LogP contribution is -2.54. The second kappa shape index (κ2) is 6.85. The number of aliphatic hydroxyl groups excluding tert-OH is 1. The van der Waals surface area contributed by atoms with E-state index in [2.05, 4.69) is 12.2 Å². The molecule has 0 saturated heterocycles. The molecule has 1 rings (SSSR count). The second-order valence-corrected chi connectivity index (χ2v) is 6.13. The first-order valence-corrected chi connectivity index (χ1v) is 7.01. The van der Waals surface area contributed by atoms with Gasteiger partial charge < -0.3 is 19.9 Å². The van der Waals surface area contributed by atoms with Crippen molar-refractivity contribution in [1.82, 2.24) is 5.32 Å². The molecule has 1 unspecified atom stereocenters. The van der Waals surface area contributed by atoms with E-state index < -0.39 is 0 Å². The van der Waals surface area contributed by atoms with Crippen LogP contribution in [0, 0.1) is 5.92 Å². The van der Waals surface area contributed by atoms with E-state index in [-0.39, 0.29) is 17.7 Å². The lowest BCUT2D eigenvalue weighted by molar-refractivity contribution is -0.0501. The number of aliphatic hydroxyl groups is 1. The van der Waals surface area contributed by atoms with Gasteiger partial charge >= 0.3 is 0 Å². The number of hydrogen-bond donors (Lipinski definition) is 2. The molecule has 0 heterocycles. The van der Waals surface area contributed by atoms with Crippen molar-refractivity contribution < 1.29 is 14.6 Å². The Kier molecular flexibility index (Phi) is 6.05. The molecule has 0 aromatic rings. The van der Waals surface area contributed by atoms with E-state index in [0.29, 0.717) is 25.7 Å². The monoisotopic (exact) mass is 259 g/mol. The molecule has 4 heteroatoms. The highest BCUT2D eigenvalue weighted by Crippen LogP contribution is 2.39. The van der Waals surface area contributed by atoms with E-state index in [4.69, 9.17) is 9.47 Å². The van der Waals surface area contributed by atoms with Crippen molar-refractivity contribution in [3.8, 4) is 0 Å². The average Bonchev–Trinajstić information content (AvgIpc) is 3.09. The van der Waals surface area contributed by atoms with Gasteiger partial charge in [0, 0.05) is 0 Å². The molecule has 1 saturated carbocycles. The third-order valence-electron chi connectivity index (χ3n) is 3.29. The van der Waals surface area contributed by atoms with Crippen molar-refractivity contribution in [1.29, 1.82) is 0 Å². The highest BCUT2D eigenvalue weighted by atomic mass is 16.5. The smallest absolute Gasteiger partial charge is 0.0707 e. The number of ether oxygens (including phenoxy) is 2. The second-order valence-electron chi connectivity index (χ2n) is 6.13. The fraction of sp³-hybridized carbons (Fsp3) is 1.00. The zero-order chi connectivity index (χ0) is 13.6. The summed E-state index contributed by atoms with van der Waals surface area (Å²) in [6.07, 6.45) is 2.38. The normalized spacial score (nSPS) is 19.8. The van der Waals surface area contributed by atoms with Crippen LogP contribution >= 0.6 is 0 Å². The van der Waals surface area contributed by atoms with Crippen LogP contribution < -0.4 is 5.32 Å². The maximum Gasteiger partial charge on any atom is 0.0707 e. The maximum absolute atomic E-state index is 9.63. The Bertz CT molecular complexity index is 236. The van der Waals surface area contributed by atoms with E-state index in [1.54, 1.807) is 0 Å². The predicted molar refractivity (Wildman–Crippen MR) is 72.7 cm³/mol. The molecule has 1 aliphatic rings. The van der Waals surface area contributed by atoms with Crippen molar-refractivity contribution in [2.45, 2.75) is 51.7 Å². The van der Waals surface area contributed by atoms with Crippen LogP contribution in [-0.2, 0) is 9.47 Å². The molecule has 0 aromatic carbocycles. The number of likely N-dealkylation sites (N-methyl/N-ethyl adjacent to an activating group) is 1. The molecule has 108 valence electrons. The van der Waals surface area contributed by atoms with E-state index in [9.17, 15) is 5.11 Å². The van der Waals surface area contributed by atoms with Crippen molar-refractivity contribution in [2.24, 2.45) is 5.92 Å². The van der Waals surface area contributed by atoms with Crippen molar-refractivity contribution in [2.75, 3.05) is 33.0 Å². The summed E-state index contributed by atoms with van der Waals surface area (Å²) < 4.78 is 11.3. The predicted octanol–water partition coefficient (Wildman–Crippen LogP) is 1.57. The molecule has 0 spiro atoms. The quantitative estimate of drug-likeness (QED) is 0.617. The molecule has 2 N–H and O–H groups in total. The zero-order valence-electron chi connectivity index (χ0n) is 12.3. The summed E-state index contributed by atoms with van der Waals surface area (Å²) in [4.78, 5) is 0. The van der Waals surface area contributed by atoms with Crippen molar-refractivity contribution >= 4 is 0 Å². The molecule has 0 aliphatic heterocycles. The summed E-state index contributed by atoms with van der Waals surface area (Å²) in [5, 5.41) is 13.0. The Labute approximate surface area is 111 Å². The third-order valence-corrected chi connectivity index (χ3v) is 3.29. The Morgan fingerprint density at radius 3 is 2.33 bits per heavy atom. The van der Waals surface area contributed by atoms with Gasteiger partial charge in [0.25, 0.3) is 0 Å². The summed E-state index contributed by atoms with van der Waals surface area (Å²) in [6, 6.07) is 0. The summed E-state index contributed by atoms with van der Waals surface area (Å²) in [5.41, 5.74) is -0.355. The van der Waals surface area contributed by atoms with Gasteiger partial charge in [-0.05, 0) is 46.1 Å². The Morgan fingerprint density at radius 1 is 1.22 bits per heavy atom. The first kappa shape index (κ1) is 15.9. The SMILES string of the molecule is CCNC(CO)(COCCOC(C)(C)C)C1CC1. The topological polar surface area (TPSA) is 50.7 Å². The van der Waals surface area contributed by atoms with Crippen LogP contribution in [0.25, 0.3) is 0 Å². The first-order chi connectivity index (χ1) is 8.43. The molecule has 0 radical (unpaired) electrons. The van der Waals surface area contributed by atoms with Gasteiger partial charge in [0.2, 0.25) is 0 Å². The van der Waals surface area contributed by atoms with Crippen molar-refractivity contribution in [3.63, 3.8) is 0 Å². The minimum absolute atomic E-state index is 0.115. The maximum atomic E-state index is 9.63. The fourth-order valence-corrected chi connectivity index (χ4v) is 2.19. The summed E-state index contributed by atoms with van der Waals surface area (Å²) in [5.74, 6) is 0.561. The largest absolute Gasteiger partial charge is 0.394 e. The molecular weight excluding hydrogens is 230 g/mol. The fourth-order valence-electron chi connectivity index (χ4n) is 2.19. The molecule has 1 fully saturated rings. The lowest BCUT2D eigenvalue weighted by Gasteiger charge is -2.33. The van der Waals surface area contributed by atoms with Gasteiger partial charge in [0.1, 0.15) is 0 Å². The van der Waals surface area contributed by atoms with Crippen LogP contribution in [0.3, 0.4) is 0 Å². The number of hydrogen-bond acceptors (Lipinski definition) is 4. The molecule has 0 bridgehead atoms. The minimum Gasteiger partial charge on any atom is -0.394 e. The minimum atomic E-state index is -0.240. The molecule has 1 aliphatic carbocycles. The summed E-state index contributed by atoms with van der Waals surface area (Å²) in [7, 11) is 0. The van der Waals surface area contributed by atoms with Gasteiger partial charge in [-0.25, -0.2) is 0 Å². The summed E-state index contributed by atoms with van der Waals surface area (Å²) in [6.45, 7) is 10.9. The molecule has 4 nitrogen and oxygen atoms in total. The van der Waals surface area contributed by atoms with E-state index in [1.807, 2.05) is 20.8 Å². The number of nitrogens with one attached hydrogen (secondary N) is 1. The van der Waals surface area contributed by atoms with Crippen LogP contribution in [0.2, 0.25) is 0 Å². The standard InChI is InChI=1S/C14H29NO3/c1-5-15-14(10-16,12-6-7-12)11-17-8-9-18-13(2,3)4/h12,15-16H,5-11H2,1-4H3. The van der Waals surface area contributed by atoms with E-state index in [0.717, 1.165) is 6.54 Å². The first-order valence-electron chi connectivity index (χ1n) is 7.01. The van der Waals surface area contributed by atoms with Gasteiger partial charge in [0.15, 0.2) is 0 Å². The Balaban J connectivity index is 2.25. The average molecular weight is 259 g/mol. The van der Waals surface area contributed by atoms with Crippen LogP contribution in [-0.4, -0.2) is 49.2 Å².